The predicted octanol–water partition coefficient (Wildman–Crippen LogP) is 2.33. The fourth-order valence-electron chi connectivity index (χ4n) is 2.89. The van der Waals surface area contributed by atoms with E-state index in [9.17, 15) is 14.0 Å². The maximum absolute atomic E-state index is 13.9. The van der Waals surface area contributed by atoms with Gasteiger partial charge in [0.05, 0.1) is 5.75 Å². The first kappa shape index (κ1) is 16.7. The number of nitrogens with zero attached hydrogens (tertiary/aromatic N) is 2. The van der Waals surface area contributed by atoms with Crippen molar-refractivity contribution in [3.8, 4) is 0 Å². The highest BCUT2D eigenvalue weighted by atomic mass is 32.2. The fourth-order valence-corrected chi connectivity index (χ4v) is 3.71. The van der Waals surface area contributed by atoms with E-state index in [1.807, 2.05) is 6.07 Å². The van der Waals surface area contributed by atoms with Gasteiger partial charge in [0.15, 0.2) is 5.16 Å². The molecule has 0 bridgehead atoms. The Kier molecular flexibility index (Phi) is 4.99. The normalized spacial score (nSPS) is 17.2. The third-order valence-electron chi connectivity index (χ3n) is 4.07. The van der Waals surface area contributed by atoms with Gasteiger partial charge in [0.25, 0.3) is 5.56 Å². The number of halogens is 1. The number of hydrogen-bond donors (Lipinski definition) is 1. The summed E-state index contributed by atoms with van der Waals surface area (Å²) < 4.78 is 13.9. The molecule has 1 amide bonds. The molecule has 1 aromatic carbocycles. The van der Waals surface area contributed by atoms with E-state index in [1.54, 1.807) is 24.0 Å². The predicted molar refractivity (Wildman–Crippen MR) is 90.7 cm³/mol. The number of aryl methyl sites for hydroxylation is 1. The summed E-state index contributed by atoms with van der Waals surface area (Å²) >= 11 is 1.21. The number of amides is 1. The first-order valence-electron chi connectivity index (χ1n) is 7.76. The molecule has 0 unspecified atom stereocenters. The minimum Gasteiger partial charge on any atom is -0.341 e. The summed E-state index contributed by atoms with van der Waals surface area (Å²) in [6.45, 7) is 2.88. The molecule has 7 heteroatoms. The summed E-state index contributed by atoms with van der Waals surface area (Å²) in [4.78, 5) is 32.3. The molecule has 0 radical (unpaired) electrons. The molecule has 0 aliphatic carbocycles. The Morgan fingerprint density at radius 2 is 2.25 bits per heavy atom. The maximum Gasteiger partial charge on any atom is 0.251 e. The van der Waals surface area contributed by atoms with Crippen molar-refractivity contribution in [2.45, 2.75) is 24.4 Å². The van der Waals surface area contributed by atoms with Gasteiger partial charge in [0.1, 0.15) is 5.82 Å². The number of H-pyrrole nitrogens is 1. The Bertz CT molecular complexity index is 808. The van der Waals surface area contributed by atoms with Crippen LogP contribution >= 0.6 is 11.8 Å². The number of carbonyl (C=O) groups is 1. The highest BCUT2D eigenvalue weighted by Crippen LogP contribution is 2.29. The summed E-state index contributed by atoms with van der Waals surface area (Å²) in [5, 5.41) is 0.443. The van der Waals surface area contributed by atoms with Crippen LogP contribution in [0.25, 0.3) is 0 Å². The lowest BCUT2D eigenvalue weighted by Crippen LogP contribution is -2.30. The van der Waals surface area contributed by atoms with E-state index in [-0.39, 0.29) is 29.0 Å². The molecule has 1 fully saturated rings. The molecule has 126 valence electrons. The lowest BCUT2D eigenvalue weighted by atomic mass is 9.98. The number of carbonyl (C=O) groups excluding carboxylic acids is 1. The molecule has 2 heterocycles. The number of hydrogen-bond acceptors (Lipinski definition) is 4. The average Bonchev–Trinajstić information content (AvgIpc) is 3.02. The number of benzene rings is 1. The molecule has 3 rings (SSSR count). The SMILES string of the molecule is Cc1cc(=O)[nH]c(SCC(=O)N2CC[C@@H](c3ccccc3F)C2)n1. The van der Waals surface area contributed by atoms with E-state index in [0.29, 0.717) is 29.5 Å². The summed E-state index contributed by atoms with van der Waals surface area (Å²) in [7, 11) is 0. The molecule has 1 aliphatic rings. The quantitative estimate of drug-likeness (QED) is 0.681. The van der Waals surface area contributed by atoms with Gasteiger partial charge in [-0.15, -0.1) is 0 Å². The van der Waals surface area contributed by atoms with Crippen LogP contribution in [0.4, 0.5) is 4.39 Å². The number of aromatic amines is 1. The Labute approximate surface area is 143 Å². The second-order valence-corrected chi connectivity index (χ2v) is 6.79. The molecule has 1 N–H and O–H groups in total. The fraction of sp³-hybridized carbons (Fsp3) is 0.353. The van der Waals surface area contributed by atoms with Crippen LogP contribution < -0.4 is 5.56 Å². The second-order valence-electron chi connectivity index (χ2n) is 5.83. The summed E-state index contributed by atoms with van der Waals surface area (Å²) in [5.74, 6) is 0.00360. The third kappa shape index (κ3) is 3.84. The second kappa shape index (κ2) is 7.17. The molecular formula is C17H18FN3O2S. The first-order valence-corrected chi connectivity index (χ1v) is 8.74. The first-order chi connectivity index (χ1) is 11.5. The molecule has 1 atom stereocenters. The van der Waals surface area contributed by atoms with Gasteiger partial charge in [0, 0.05) is 30.8 Å². The van der Waals surface area contributed by atoms with E-state index in [1.165, 1.54) is 23.9 Å². The average molecular weight is 347 g/mol. The summed E-state index contributed by atoms with van der Waals surface area (Å²) in [6, 6.07) is 8.13. The van der Waals surface area contributed by atoms with Crippen LogP contribution in [0.3, 0.4) is 0 Å². The minimum atomic E-state index is -0.224. The van der Waals surface area contributed by atoms with Crippen molar-refractivity contribution < 1.29 is 9.18 Å². The highest BCUT2D eigenvalue weighted by Gasteiger charge is 2.28. The molecule has 2 aromatic rings. The maximum atomic E-state index is 13.9. The lowest BCUT2D eigenvalue weighted by Gasteiger charge is -2.16. The van der Waals surface area contributed by atoms with Gasteiger partial charge in [0.2, 0.25) is 5.91 Å². The number of nitrogens with one attached hydrogen (secondary N) is 1. The zero-order valence-corrected chi connectivity index (χ0v) is 14.1. The molecular weight excluding hydrogens is 329 g/mol. The van der Waals surface area contributed by atoms with E-state index in [0.717, 1.165) is 6.42 Å². The van der Waals surface area contributed by atoms with Crippen molar-refractivity contribution >= 4 is 17.7 Å². The molecule has 0 spiro atoms. The van der Waals surface area contributed by atoms with Gasteiger partial charge >= 0.3 is 0 Å². The van der Waals surface area contributed by atoms with E-state index >= 15 is 0 Å². The van der Waals surface area contributed by atoms with Crippen molar-refractivity contribution in [2.75, 3.05) is 18.8 Å². The molecule has 5 nitrogen and oxygen atoms in total. The molecule has 24 heavy (non-hydrogen) atoms. The number of rotatable bonds is 4. The lowest BCUT2D eigenvalue weighted by molar-refractivity contribution is -0.127. The van der Waals surface area contributed by atoms with Crippen LogP contribution in [0, 0.1) is 12.7 Å². The van der Waals surface area contributed by atoms with Crippen LogP contribution in [-0.4, -0.2) is 39.6 Å². The molecule has 0 saturated carbocycles. The van der Waals surface area contributed by atoms with Crippen molar-refractivity contribution in [3.05, 3.63) is 57.8 Å². The molecule has 1 saturated heterocycles. The summed E-state index contributed by atoms with van der Waals surface area (Å²) in [6.07, 6.45) is 0.761. The van der Waals surface area contributed by atoms with Gasteiger partial charge in [-0.1, -0.05) is 30.0 Å². The monoisotopic (exact) mass is 347 g/mol. The van der Waals surface area contributed by atoms with Crippen LogP contribution in [0.2, 0.25) is 0 Å². The largest absolute Gasteiger partial charge is 0.341 e. The van der Waals surface area contributed by atoms with E-state index < -0.39 is 0 Å². The Balaban J connectivity index is 1.59. The van der Waals surface area contributed by atoms with Crippen molar-refractivity contribution in [2.24, 2.45) is 0 Å². The van der Waals surface area contributed by atoms with Crippen LogP contribution in [0.5, 0.6) is 0 Å². The van der Waals surface area contributed by atoms with Crippen molar-refractivity contribution in [1.29, 1.82) is 0 Å². The topological polar surface area (TPSA) is 66.1 Å². The zero-order valence-electron chi connectivity index (χ0n) is 13.3. The van der Waals surface area contributed by atoms with E-state index in [4.69, 9.17) is 0 Å². The van der Waals surface area contributed by atoms with Gasteiger partial charge in [-0.3, -0.25) is 9.59 Å². The molecule has 1 aliphatic heterocycles. The van der Waals surface area contributed by atoms with Crippen LogP contribution in [0.15, 0.2) is 40.3 Å². The standard InChI is InChI=1S/C17H18FN3O2S/c1-11-8-15(22)20-17(19-11)24-10-16(23)21-7-6-12(9-21)13-4-2-3-5-14(13)18/h2-5,8,12H,6-7,9-10H2,1H3,(H,19,20,22)/t12-/m1/s1. The summed E-state index contributed by atoms with van der Waals surface area (Å²) in [5.41, 5.74) is 1.07. The van der Waals surface area contributed by atoms with Crippen molar-refractivity contribution in [3.63, 3.8) is 0 Å². The number of likely N-dealkylation sites (tertiary alicyclic amines) is 1. The van der Waals surface area contributed by atoms with Gasteiger partial charge < -0.3 is 9.88 Å². The number of thioether (sulfide) groups is 1. The van der Waals surface area contributed by atoms with Crippen LogP contribution in [0.1, 0.15) is 23.6 Å². The molecule has 1 aromatic heterocycles. The Hall–Kier alpha value is -2.15. The van der Waals surface area contributed by atoms with Gasteiger partial charge in [-0.25, -0.2) is 9.37 Å². The highest BCUT2D eigenvalue weighted by molar-refractivity contribution is 7.99. The van der Waals surface area contributed by atoms with Crippen molar-refractivity contribution in [1.82, 2.24) is 14.9 Å². The third-order valence-corrected chi connectivity index (χ3v) is 4.92. The zero-order chi connectivity index (χ0) is 17.1. The minimum absolute atomic E-state index is 0.0250. The Morgan fingerprint density at radius 1 is 1.46 bits per heavy atom. The Morgan fingerprint density at radius 3 is 3.00 bits per heavy atom. The van der Waals surface area contributed by atoms with Crippen LogP contribution in [-0.2, 0) is 4.79 Å². The van der Waals surface area contributed by atoms with Gasteiger partial charge in [-0.05, 0) is 25.0 Å². The van der Waals surface area contributed by atoms with E-state index in [2.05, 4.69) is 9.97 Å². The number of aromatic nitrogens is 2. The smallest absolute Gasteiger partial charge is 0.251 e. The van der Waals surface area contributed by atoms with Gasteiger partial charge in [-0.2, -0.15) is 0 Å².